The Labute approximate surface area is 106 Å². The van der Waals surface area contributed by atoms with Gasteiger partial charge >= 0.3 is 5.97 Å². The lowest BCUT2D eigenvalue weighted by Gasteiger charge is -2.16. The highest BCUT2D eigenvalue weighted by Gasteiger charge is 2.20. The first-order valence-electron chi connectivity index (χ1n) is 5.90. The molecule has 1 aromatic heterocycles. The lowest BCUT2D eigenvalue weighted by molar-refractivity contribution is -0.142. The van der Waals surface area contributed by atoms with Crippen LogP contribution in [0.2, 0.25) is 0 Å². The van der Waals surface area contributed by atoms with Gasteiger partial charge in [0.15, 0.2) is 0 Å². The quantitative estimate of drug-likeness (QED) is 0.796. The Morgan fingerprint density at radius 2 is 2.17 bits per heavy atom. The molecule has 98 valence electrons. The number of carbonyl (C=O) groups excluding carboxylic acids is 1. The first kappa shape index (κ1) is 14.2. The minimum Gasteiger partial charge on any atom is -0.480 e. The van der Waals surface area contributed by atoms with Crippen LogP contribution >= 0.6 is 0 Å². The van der Waals surface area contributed by atoms with Gasteiger partial charge in [0.25, 0.3) is 0 Å². The molecular formula is C13H18N2O3. The maximum atomic E-state index is 11.7. The number of aromatic nitrogens is 1. The average Bonchev–Trinajstić information content (AvgIpc) is 2.28. The van der Waals surface area contributed by atoms with Gasteiger partial charge in [0.2, 0.25) is 5.91 Å². The van der Waals surface area contributed by atoms with Crippen molar-refractivity contribution in [3.8, 4) is 0 Å². The number of carboxylic acids is 1. The number of carboxylic acid groups (broad SMARTS) is 1. The number of amides is 1. The van der Waals surface area contributed by atoms with Gasteiger partial charge < -0.3 is 10.4 Å². The maximum Gasteiger partial charge on any atom is 0.326 e. The molecule has 0 aliphatic heterocycles. The van der Waals surface area contributed by atoms with Crippen molar-refractivity contribution in [2.24, 2.45) is 5.92 Å². The molecule has 0 saturated heterocycles. The minimum absolute atomic E-state index is 0.149. The maximum absolute atomic E-state index is 11.7. The molecule has 5 nitrogen and oxygen atoms in total. The molecule has 18 heavy (non-hydrogen) atoms. The normalized spacial score (nSPS) is 12.2. The van der Waals surface area contributed by atoms with Gasteiger partial charge in [-0.1, -0.05) is 19.9 Å². The second-order valence-corrected chi connectivity index (χ2v) is 4.63. The molecule has 1 aromatic rings. The molecule has 0 aliphatic carbocycles. The number of nitrogens with zero attached hydrogens (tertiary/aromatic N) is 1. The number of carbonyl (C=O) groups is 2. The number of rotatable bonds is 6. The van der Waals surface area contributed by atoms with Crippen molar-refractivity contribution in [3.05, 3.63) is 30.1 Å². The van der Waals surface area contributed by atoms with Gasteiger partial charge in [0.1, 0.15) is 6.04 Å². The van der Waals surface area contributed by atoms with Gasteiger partial charge in [0.05, 0.1) is 6.42 Å². The molecule has 0 fully saturated rings. The third-order valence-corrected chi connectivity index (χ3v) is 2.43. The average molecular weight is 250 g/mol. The number of aliphatic carboxylic acids is 1. The second kappa shape index (κ2) is 6.74. The number of hydrogen-bond donors (Lipinski definition) is 2. The van der Waals surface area contributed by atoms with Crippen LogP contribution in [0.3, 0.4) is 0 Å². The summed E-state index contributed by atoms with van der Waals surface area (Å²) in [6.07, 6.45) is 3.79. The Hall–Kier alpha value is -1.91. The van der Waals surface area contributed by atoms with Crippen LogP contribution < -0.4 is 5.32 Å². The van der Waals surface area contributed by atoms with Gasteiger partial charge in [-0.15, -0.1) is 0 Å². The number of nitrogens with one attached hydrogen (secondary N) is 1. The zero-order valence-corrected chi connectivity index (χ0v) is 10.6. The van der Waals surface area contributed by atoms with E-state index in [9.17, 15) is 9.59 Å². The van der Waals surface area contributed by atoms with Crippen LogP contribution in [0.4, 0.5) is 0 Å². The van der Waals surface area contributed by atoms with Crippen molar-refractivity contribution in [2.45, 2.75) is 32.7 Å². The predicted molar refractivity (Wildman–Crippen MR) is 67.0 cm³/mol. The third-order valence-electron chi connectivity index (χ3n) is 2.43. The molecule has 0 unspecified atom stereocenters. The number of pyridine rings is 1. The summed E-state index contributed by atoms with van der Waals surface area (Å²) in [5.41, 5.74) is 0.767. The van der Waals surface area contributed by atoms with Gasteiger partial charge in [0, 0.05) is 12.4 Å². The van der Waals surface area contributed by atoms with E-state index in [1.165, 1.54) is 0 Å². The summed E-state index contributed by atoms with van der Waals surface area (Å²) in [4.78, 5) is 26.6. The minimum atomic E-state index is -0.997. The Morgan fingerprint density at radius 1 is 1.44 bits per heavy atom. The SMILES string of the molecule is CC(C)C[C@H](NC(=O)Cc1cccnc1)C(=O)O. The van der Waals surface area contributed by atoms with Crippen molar-refractivity contribution < 1.29 is 14.7 Å². The Bertz CT molecular complexity index is 404. The Morgan fingerprint density at radius 3 is 2.67 bits per heavy atom. The van der Waals surface area contributed by atoms with Gasteiger partial charge in [-0.2, -0.15) is 0 Å². The molecule has 0 saturated carbocycles. The molecule has 1 rings (SSSR count). The second-order valence-electron chi connectivity index (χ2n) is 4.63. The molecule has 2 N–H and O–H groups in total. The zero-order valence-electron chi connectivity index (χ0n) is 10.6. The van der Waals surface area contributed by atoms with E-state index in [0.717, 1.165) is 5.56 Å². The summed E-state index contributed by atoms with van der Waals surface area (Å²) in [6, 6.07) is 2.70. The van der Waals surface area contributed by atoms with Crippen molar-refractivity contribution >= 4 is 11.9 Å². The molecule has 1 heterocycles. The zero-order chi connectivity index (χ0) is 13.5. The van der Waals surface area contributed by atoms with E-state index < -0.39 is 12.0 Å². The van der Waals surface area contributed by atoms with E-state index in [4.69, 9.17) is 5.11 Å². The monoisotopic (exact) mass is 250 g/mol. The molecule has 1 atom stereocenters. The van der Waals surface area contributed by atoms with E-state index in [2.05, 4.69) is 10.3 Å². The van der Waals surface area contributed by atoms with Gasteiger partial charge in [-0.25, -0.2) is 4.79 Å². The van der Waals surface area contributed by atoms with Crippen molar-refractivity contribution in [1.82, 2.24) is 10.3 Å². The molecule has 0 aromatic carbocycles. The summed E-state index contributed by atoms with van der Waals surface area (Å²) in [7, 11) is 0. The summed E-state index contributed by atoms with van der Waals surface area (Å²) < 4.78 is 0. The fraction of sp³-hybridized carbons (Fsp3) is 0.462. The summed E-state index contributed by atoms with van der Waals surface area (Å²) in [5.74, 6) is -1.08. The molecule has 5 heteroatoms. The lowest BCUT2D eigenvalue weighted by Crippen LogP contribution is -2.42. The highest BCUT2D eigenvalue weighted by Crippen LogP contribution is 2.05. The van der Waals surface area contributed by atoms with E-state index in [-0.39, 0.29) is 18.2 Å². The van der Waals surface area contributed by atoms with Crippen molar-refractivity contribution in [3.63, 3.8) is 0 Å². The Balaban J connectivity index is 2.54. The van der Waals surface area contributed by atoms with E-state index in [1.54, 1.807) is 24.5 Å². The first-order chi connectivity index (χ1) is 8.49. The van der Waals surface area contributed by atoms with Gasteiger partial charge in [-0.05, 0) is 24.0 Å². The van der Waals surface area contributed by atoms with Crippen LogP contribution in [0.1, 0.15) is 25.8 Å². The van der Waals surface area contributed by atoms with Crippen LogP contribution in [-0.2, 0) is 16.0 Å². The molecule has 1 amide bonds. The van der Waals surface area contributed by atoms with Crippen LogP contribution in [0.15, 0.2) is 24.5 Å². The van der Waals surface area contributed by atoms with Crippen LogP contribution in [0, 0.1) is 5.92 Å². The van der Waals surface area contributed by atoms with E-state index >= 15 is 0 Å². The van der Waals surface area contributed by atoms with E-state index in [0.29, 0.717) is 6.42 Å². The predicted octanol–water partition coefficient (Wildman–Crippen LogP) is 1.24. The summed E-state index contributed by atoms with van der Waals surface area (Å²) in [5, 5.41) is 11.5. The lowest BCUT2D eigenvalue weighted by atomic mass is 10.0. The molecule has 0 radical (unpaired) electrons. The van der Waals surface area contributed by atoms with Crippen LogP contribution in [0.5, 0.6) is 0 Å². The van der Waals surface area contributed by atoms with Crippen LogP contribution in [-0.4, -0.2) is 28.0 Å². The van der Waals surface area contributed by atoms with Crippen molar-refractivity contribution in [2.75, 3.05) is 0 Å². The third kappa shape index (κ3) is 4.95. The Kier molecular flexibility index (Phi) is 5.30. The topological polar surface area (TPSA) is 79.3 Å². The first-order valence-corrected chi connectivity index (χ1v) is 5.90. The van der Waals surface area contributed by atoms with Crippen LogP contribution in [0.25, 0.3) is 0 Å². The molecule has 0 aliphatic rings. The summed E-state index contributed by atoms with van der Waals surface area (Å²) in [6.45, 7) is 3.84. The number of hydrogen-bond acceptors (Lipinski definition) is 3. The summed E-state index contributed by atoms with van der Waals surface area (Å²) >= 11 is 0. The smallest absolute Gasteiger partial charge is 0.326 e. The fourth-order valence-corrected chi connectivity index (χ4v) is 1.63. The molecule has 0 bridgehead atoms. The van der Waals surface area contributed by atoms with E-state index in [1.807, 2.05) is 13.8 Å². The fourth-order valence-electron chi connectivity index (χ4n) is 1.63. The highest BCUT2D eigenvalue weighted by molar-refractivity contribution is 5.84. The highest BCUT2D eigenvalue weighted by atomic mass is 16.4. The molecular weight excluding hydrogens is 232 g/mol. The van der Waals surface area contributed by atoms with Crippen molar-refractivity contribution in [1.29, 1.82) is 0 Å². The largest absolute Gasteiger partial charge is 0.480 e. The van der Waals surface area contributed by atoms with Gasteiger partial charge in [-0.3, -0.25) is 9.78 Å². The standard InChI is InChI=1S/C13H18N2O3/c1-9(2)6-11(13(17)18)15-12(16)7-10-4-3-5-14-8-10/h3-5,8-9,11H,6-7H2,1-2H3,(H,15,16)(H,17,18)/t11-/m0/s1. The molecule has 0 spiro atoms.